The third-order valence-corrected chi connectivity index (χ3v) is 6.28. The van der Waals surface area contributed by atoms with E-state index in [4.69, 9.17) is 32.4 Å². The van der Waals surface area contributed by atoms with Crippen molar-refractivity contribution in [2.24, 2.45) is 0 Å². The Labute approximate surface area is 201 Å². The zero-order valence-corrected chi connectivity index (χ0v) is 19.2. The lowest BCUT2D eigenvalue weighted by Gasteiger charge is -2.13. The number of amides is 2. The third kappa shape index (κ3) is 4.75. The Morgan fingerprint density at radius 3 is 2.64 bits per heavy atom. The van der Waals surface area contributed by atoms with Crippen molar-refractivity contribution in [2.45, 2.75) is 6.54 Å². The molecule has 1 aromatic heterocycles. The number of rotatable bonds is 6. The minimum Gasteiger partial charge on any atom is -0.497 e. The van der Waals surface area contributed by atoms with Gasteiger partial charge in [0.05, 0.1) is 35.1 Å². The molecule has 8 nitrogen and oxygen atoms in total. The Morgan fingerprint density at radius 1 is 1.15 bits per heavy atom. The molecule has 0 saturated carbocycles. The van der Waals surface area contributed by atoms with Crippen molar-refractivity contribution in [3.05, 3.63) is 84.9 Å². The predicted molar refractivity (Wildman–Crippen MR) is 125 cm³/mol. The Kier molecular flexibility index (Phi) is 6.46. The highest BCUT2D eigenvalue weighted by Crippen LogP contribution is 2.37. The fraction of sp³-hybridized carbons (Fsp3) is 0.0909. The van der Waals surface area contributed by atoms with Crippen LogP contribution in [0, 0.1) is 10.1 Å². The van der Waals surface area contributed by atoms with Gasteiger partial charge in [0.1, 0.15) is 17.3 Å². The number of ether oxygens (including phenoxy) is 1. The average molecular weight is 505 g/mol. The lowest BCUT2D eigenvalue weighted by molar-refractivity contribution is -0.384. The molecule has 0 unspecified atom stereocenters. The molecule has 0 aliphatic carbocycles. The van der Waals surface area contributed by atoms with E-state index in [1.165, 1.54) is 31.4 Å². The molecule has 33 heavy (non-hydrogen) atoms. The zero-order valence-electron chi connectivity index (χ0n) is 16.9. The van der Waals surface area contributed by atoms with Crippen molar-refractivity contribution in [3.8, 4) is 17.1 Å². The van der Waals surface area contributed by atoms with Crippen LogP contribution in [0.2, 0.25) is 10.0 Å². The molecular formula is C22H14Cl2N2O6S. The number of benzene rings is 2. The Bertz CT molecular complexity index is 1320. The van der Waals surface area contributed by atoms with Gasteiger partial charge in [-0.3, -0.25) is 24.6 Å². The second kappa shape index (κ2) is 9.30. The second-order valence-electron chi connectivity index (χ2n) is 6.85. The summed E-state index contributed by atoms with van der Waals surface area (Å²) in [5.74, 6) is 0.351. The second-order valence-corrected chi connectivity index (χ2v) is 8.68. The van der Waals surface area contributed by atoms with Crippen LogP contribution < -0.4 is 4.74 Å². The first-order valence-corrected chi connectivity index (χ1v) is 11.0. The van der Waals surface area contributed by atoms with Crippen LogP contribution in [-0.4, -0.2) is 28.1 Å². The molecule has 0 atom stereocenters. The van der Waals surface area contributed by atoms with Gasteiger partial charge < -0.3 is 9.15 Å². The van der Waals surface area contributed by atoms with E-state index < -0.39 is 16.1 Å². The number of methoxy groups -OCH3 is 1. The first-order chi connectivity index (χ1) is 15.8. The summed E-state index contributed by atoms with van der Waals surface area (Å²) in [5.41, 5.74) is 0.651. The molecule has 0 spiro atoms. The maximum absolute atomic E-state index is 12.8. The molecule has 1 fully saturated rings. The highest BCUT2D eigenvalue weighted by molar-refractivity contribution is 8.18. The number of nitro benzene ring substituents is 1. The quantitative estimate of drug-likeness (QED) is 0.217. The number of carbonyl (C=O) groups excluding carboxylic acids is 2. The van der Waals surface area contributed by atoms with Crippen molar-refractivity contribution < 1.29 is 23.7 Å². The molecule has 1 aliphatic rings. The van der Waals surface area contributed by atoms with Crippen LogP contribution in [0.1, 0.15) is 11.3 Å². The molecule has 2 amide bonds. The van der Waals surface area contributed by atoms with Crippen LogP contribution >= 0.6 is 35.0 Å². The van der Waals surface area contributed by atoms with E-state index in [0.717, 1.165) is 16.7 Å². The largest absolute Gasteiger partial charge is 0.497 e. The number of imide groups is 1. The Morgan fingerprint density at radius 2 is 1.94 bits per heavy atom. The number of furan rings is 1. The van der Waals surface area contributed by atoms with Crippen molar-refractivity contribution in [2.75, 3.05) is 7.11 Å². The minimum absolute atomic E-state index is 0.000539. The van der Waals surface area contributed by atoms with Gasteiger partial charge in [0.25, 0.3) is 16.8 Å². The van der Waals surface area contributed by atoms with E-state index in [0.29, 0.717) is 21.4 Å². The van der Waals surface area contributed by atoms with Gasteiger partial charge in [-0.1, -0.05) is 29.3 Å². The molecule has 0 N–H and O–H groups in total. The van der Waals surface area contributed by atoms with E-state index in [-0.39, 0.29) is 34.2 Å². The van der Waals surface area contributed by atoms with E-state index >= 15 is 0 Å². The summed E-state index contributed by atoms with van der Waals surface area (Å²) in [5, 5.41) is 11.8. The summed E-state index contributed by atoms with van der Waals surface area (Å²) in [6.07, 6.45) is 1.42. The molecule has 3 aromatic rings. The van der Waals surface area contributed by atoms with Gasteiger partial charge in [-0.05, 0) is 53.7 Å². The van der Waals surface area contributed by atoms with Crippen LogP contribution in [-0.2, 0) is 11.3 Å². The fourth-order valence-electron chi connectivity index (χ4n) is 3.16. The zero-order chi connectivity index (χ0) is 23.7. The highest BCUT2D eigenvalue weighted by Gasteiger charge is 2.35. The topological polar surface area (TPSA) is 103 Å². The lowest BCUT2D eigenvalue weighted by Crippen LogP contribution is -2.27. The summed E-state index contributed by atoms with van der Waals surface area (Å²) in [7, 11) is 1.41. The van der Waals surface area contributed by atoms with Gasteiger partial charge >= 0.3 is 0 Å². The normalized spacial score (nSPS) is 14.9. The summed E-state index contributed by atoms with van der Waals surface area (Å²) >= 11 is 12.8. The van der Waals surface area contributed by atoms with Gasteiger partial charge in [0.15, 0.2) is 0 Å². The summed E-state index contributed by atoms with van der Waals surface area (Å²) in [4.78, 5) is 37.4. The summed E-state index contributed by atoms with van der Waals surface area (Å²) in [6.45, 7) is -0.000539. The van der Waals surface area contributed by atoms with Gasteiger partial charge in [-0.2, -0.15) is 0 Å². The van der Waals surface area contributed by atoms with Crippen molar-refractivity contribution in [1.82, 2.24) is 4.90 Å². The molecule has 2 aromatic carbocycles. The number of carbonyl (C=O) groups is 2. The molecular weight excluding hydrogens is 491 g/mol. The number of nitrogens with zero attached hydrogens (tertiary/aromatic N) is 2. The molecule has 168 valence electrons. The smallest absolute Gasteiger partial charge is 0.293 e. The van der Waals surface area contributed by atoms with E-state index in [1.807, 2.05) is 0 Å². The molecule has 1 aliphatic heterocycles. The Balaban J connectivity index is 1.58. The molecule has 0 radical (unpaired) electrons. The monoisotopic (exact) mass is 504 g/mol. The number of thioether (sulfide) groups is 1. The van der Waals surface area contributed by atoms with E-state index in [9.17, 15) is 19.7 Å². The first-order valence-electron chi connectivity index (χ1n) is 9.38. The molecule has 1 saturated heterocycles. The first kappa shape index (κ1) is 22.9. The van der Waals surface area contributed by atoms with Gasteiger partial charge in [-0.25, -0.2) is 0 Å². The van der Waals surface area contributed by atoms with Crippen LogP contribution in [0.4, 0.5) is 10.5 Å². The van der Waals surface area contributed by atoms with Crippen molar-refractivity contribution in [1.29, 1.82) is 0 Å². The van der Waals surface area contributed by atoms with Crippen LogP contribution in [0.5, 0.6) is 5.75 Å². The van der Waals surface area contributed by atoms with Crippen molar-refractivity contribution >= 4 is 57.9 Å². The Hall–Kier alpha value is -3.27. The van der Waals surface area contributed by atoms with Crippen LogP contribution in [0.15, 0.2) is 57.9 Å². The predicted octanol–water partition coefficient (Wildman–Crippen LogP) is 6.41. The van der Waals surface area contributed by atoms with Gasteiger partial charge in [0, 0.05) is 16.1 Å². The number of hydrogen-bond acceptors (Lipinski definition) is 7. The molecule has 0 bridgehead atoms. The van der Waals surface area contributed by atoms with Gasteiger partial charge in [0.2, 0.25) is 0 Å². The lowest BCUT2D eigenvalue weighted by atomic mass is 10.1. The van der Waals surface area contributed by atoms with Crippen LogP contribution in [0.25, 0.3) is 17.4 Å². The number of halogens is 2. The molecule has 11 heteroatoms. The maximum atomic E-state index is 12.8. The van der Waals surface area contributed by atoms with Crippen molar-refractivity contribution in [3.63, 3.8) is 0 Å². The highest BCUT2D eigenvalue weighted by atomic mass is 35.5. The number of nitro groups is 1. The average Bonchev–Trinajstić information content (AvgIpc) is 3.35. The standard InChI is InChI=1S/C22H14Cl2N2O6S/c1-31-14-4-6-16(18(9-14)26(29)30)19-7-5-15(32-19)10-20-21(27)25(22(28)33-20)11-12-2-3-13(23)8-17(12)24/h2-10H,11H2,1H3/b20-10-. The number of hydrogen-bond donors (Lipinski definition) is 0. The fourth-order valence-corrected chi connectivity index (χ4v) is 4.45. The SMILES string of the molecule is COc1ccc(-c2ccc(/C=C3\SC(=O)N(Cc4ccc(Cl)cc4Cl)C3=O)o2)c([N+](=O)[O-])c1. The molecule has 4 rings (SSSR count). The van der Waals surface area contributed by atoms with E-state index in [1.54, 1.807) is 30.3 Å². The van der Waals surface area contributed by atoms with Gasteiger partial charge in [-0.15, -0.1) is 0 Å². The summed E-state index contributed by atoms with van der Waals surface area (Å²) < 4.78 is 10.8. The van der Waals surface area contributed by atoms with Crippen LogP contribution in [0.3, 0.4) is 0 Å². The summed E-state index contributed by atoms with van der Waals surface area (Å²) in [6, 6.07) is 12.3. The maximum Gasteiger partial charge on any atom is 0.293 e. The minimum atomic E-state index is -0.534. The van der Waals surface area contributed by atoms with E-state index in [2.05, 4.69) is 0 Å². The third-order valence-electron chi connectivity index (χ3n) is 4.78. The molecule has 2 heterocycles.